The standard InChI is InChI=1S/C11H8N4O2/c16-10-8-5-7(15-4-3-12-6-15)1-2-9(8)13-11(17)14-10/h1-6H,(H2,13,14,16,17). The van der Waals surface area contributed by atoms with Gasteiger partial charge < -0.3 is 9.55 Å². The van der Waals surface area contributed by atoms with Crippen LogP contribution in [0.2, 0.25) is 0 Å². The Balaban J connectivity index is 2.34. The second-order valence-corrected chi connectivity index (χ2v) is 3.61. The van der Waals surface area contributed by atoms with Gasteiger partial charge in [-0.3, -0.25) is 9.78 Å². The smallest absolute Gasteiger partial charge is 0.307 e. The Morgan fingerprint density at radius 2 is 2.06 bits per heavy atom. The Morgan fingerprint density at radius 1 is 1.18 bits per heavy atom. The first-order valence-corrected chi connectivity index (χ1v) is 4.99. The third-order valence-corrected chi connectivity index (χ3v) is 2.53. The van der Waals surface area contributed by atoms with Crippen LogP contribution in [-0.2, 0) is 0 Å². The minimum absolute atomic E-state index is 0.397. The molecule has 2 N–H and O–H groups in total. The van der Waals surface area contributed by atoms with E-state index in [-0.39, 0.29) is 0 Å². The van der Waals surface area contributed by atoms with Crippen LogP contribution in [0.4, 0.5) is 0 Å². The van der Waals surface area contributed by atoms with E-state index in [0.29, 0.717) is 10.9 Å². The van der Waals surface area contributed by atoms with Crippen molar-refractivity contribution in [2.45, 2.75) is 0 Å². The van der Waals surface area contributed by atoms with Crippen molar-refractivity contribution in [3.63, 3.8) is 0 Å². The van der Waals surface area contributed by atoms with Gasteiger partial charge in [0.2, 0.25) is 0 Å². The third kappa shape index (κ3) is 1.55. The number of nitrogens with zero attached hydrogens (tertiary/aromatic N) is 2. The number of fused-ring (bicyclic) bond motifs is 1. The Labute approximate surface area is 94.6 Å². The van der Waals surface area contributed by atoms with Gasteiger partial charge in [-0.1, -0.05) is 0 Å². The fraction of sp³-hybridized carbons (Fsp3) is 0. The molecule has 0 spiro atoms. The van der Waals surface area contributed by atoms with E-state index in [1.165, 1.54) is 0 Å². The second kappa shape index (κ2) is 3.44. The number of aromatic nitrogens is 4. The van der Waals surface area contributed by atoms with Gasteiger partial charge in [0.05, 0.1) is 17.2 Å². The molecule has 6 heteroatoms. The maximum absolute atomic E-state index is 11.6. The topological polar surface area (TPSA) is 83.5 Å². The SMILES string of the molecule is O=c1[nH]c(=O)c2cc(-n3ccnc3)ccc2[nH]1. The summed E-state index contributed by atoms with van der Waals surface area (Å²) >= 11 is 0. The zero-order chi connectivity index (χ0) is 11.8. The Kier molecular flexibility index (Phi) is 1.94. The molecule has 2 aromatic heterocycles. The van der Waals surface area contributed by atoms with Crippen molar-refractivity contribution >= 4 is 10.9 Å². The molecule has 0 radical (unpaired) electrons. The minimum atomic E-state index is -0.502. The van der Waals surface area contributed by atoms with Gasteiger partial charge in [0, 0.05) is 18.1 Å². The fourth-order valence-corrected chi connectivity index (χ4v) is 1.73. The van der Waals surface area contributed by atoms with Crippen LogP contribution in [0.5, 0.6) is 0 Å². The molecule has 17 heavy (non-hydrogen) atoms. The van der Waals surface area contributed by atoms with Crippen LogP contribution in [0.15, 0.2) is 46.5 Å². The van der Waals surface area contributed by atoms with Crippen molar-refractivity contribution in [1.29, 1.82) is 0 Å². The number of hydrogen-bond acceptors (Lipinski definition) is 3. The molecule has 84 valence electrons. The van der Waals surface area contributed by atoms with Gasteiger partial charge in [-0.25, -0.2) is 9.78 Å². The summed E-state index contributed by atoms with van der Waals surface area (Å²) in [6.07, 6.45) is 5.07. The van der Waals surface area contributed by atoms with E-state index in [1.54, 1.807) is 41.5 Å². The van der Waals surface area contributed by atoms with Crippen molar-refractivity contribution in [3.8, 4) is 5.69 Å². The van der Waals surface area contributed by atoms with Gasteiger partial charge in [0.25, 0.3) is 5.56 Å². The lowest BCUT2D eigenvalue weighted by atomic mass is 10.2. The third-order valence-electron chi connectivity index (χ3n) is 2.53. The summed E-state index contributed by atoms with van der Waals surface area (Å²) in [6.45, 7) is 0. The average Bonchev–Trinajstić information content (AvgIpc) is 2.82. The van der Waals surface area contributed by atoms with Crippen LogP contribution >= 0.6 is 0 Å². The molecule has 0 aliphatic rings. The van der Waals surface area contributed by atoms with Crippen LogP contribution in [0.25, 0.3) is 16.6 Å². The quantitative estimate of drug-likeness (QED) is 0.632. The number of H-pyrrole nitrogens is 2. The van der Waals surface area contributed by atoms with E-state index in [9.17, 15) is 9.59 Å². The van der Waals surface area contributed by atoms with E-state index in [2.05, 4.69) is 15.0 Å². The van der Waals surface area contributed by atoms with Crippen molar-refractivity contribution in [3.05, 3.63) is 57.8 Å². The maximum Gasteiger partial charge on any atom is 0.326 e. The van der Waals surface area contributed by atoms with E-state index in [1.807, 2.05) is 0 Å². The highest BCUT2D eigenvalue weighted by Crippen LogP contribution is 2.12. The normalized spacial score (nSPS) is 10.8. The molecule has 0 fully saturated rings. The van der Waals surface area contributed by atoms with Gasteiger partial charge in [0.15, 0.2) is 0 Å². The molecule has 0 bridgehead atoms. The molecule has 0 saturated heterocycles. The molecule has 1 aromatic carbocycles. The second-order valence-electron chi connectivity index (χ2n) is 3.61. The first-order chi connectivity index (χ1) is 8.24. The molecule has 3 aromatic rings. The van der Waals surface area contributed by atoms with Crippen LogP contribution in [-0.4, -0.2) is 19.5 Å². The van der Waals surface area contributed by atoms with Gasteiger partial charge in [-0.05, 0) is 18.2 Å². The number of nitrogens with one attached hydrogen (secondary N) is 2. The van der Waals surface area contributed by atoms with Crippen molar-refractivity contribution in [2.24, 2.45) is 0 Å². The lowest BCUT2D eigenvalue weighted by molar-refractivity contribution is 1.05. The zero-order valence-corrected chi connectivity index (χ0v) is 8.68. The summed E-state index contributed by atoms with van der Waals surface area (Å²) in [7, 11) is 0. The van der Waals surface area contributed by atoms with Gasteiger partial charge >= 0.3 is 5.69 Å². The predicted octanol–water partition coefficient (Wildman–Crippen LogP) is 0.402. The van der Waals surface area contributed by atoms with Gasteiger partial charge in [-0.2, -0.15) is 0 Å². The first-order valence-electron chi connectivity index (χ1n) is 4.99. The molecule has 2 heterocycles. The van der Waals surface area contributed by atoms with E-state index in [0.717, 1.165) is 5.69 Å². The number of benzene rings is 1. The summed E-state index contributed by atoms with van der Waals surface area (Å²) in [4.78, 5) is 31.4. The molecule has 0 atom stereocenters. The summed E-state index contributed by atoms with van der Waals surface area (Å²) < 4.78 is 1.78. The number of hydrogen-bond donors (Lipinski definition) is 2. The molecule has 0 aliphatic heterocycles. The molecular weight excluding hydrogens is 220 g/mol. The average molecular weight is 228 g/mol. The van der Waals surface area contributed by atoms with Crippen LogP contribution < -0.4 is 11.2 Å². The van der Waals surface area contributed by atoms with E-state index < -0.39 is 11.2 Å². The largest absolute Gasteiger partial charge is 0.326 e. The summed E-state index contributed by atoms with van der Waals surface area (Å²) in [5.41, 5.74) is 0.429. The number of imidazole rings is 1. The van der Waals surface area contributed by atoms with Crippen LogP contribution in [0.1, 0.15) is 0 Å². The molecule has 0 amide bonds. The zero-order valence-electron chi connectivity index (χ0n) is 8.68. The van der Waals surface area contributed by atoms with Gasteiger partial charge in [-0.15, -0.1) is 0 Å². The highest BCUT2D eigenvalue weighted by molar-refractivity contribution is 5.79. The first kappa shape index (κ1) is 9.59. The summed E-state index contributed by atoms with van der Waals surface area (Å²) in [5, 5.41) is 0.441. The fourth-order valence-electron chi connectivity index (χ4n) is 1.73. The predicted molar refractivity (Wildman–Crippen MR) is 62.3 cm³/mol. The highest BCUT2D eigenvalue weighted by atomic mass is 16.2. The Bertz CT molecular complexity index is 783. The Morgan fingerprint density at radius 3 is 2.82 bits per heavy atom. The van der Waals surface area contributed by atoms with E-state index >= 15 is 0 Å². The lowest BCUT2D eigenvalue weighted by Crippen LogP contribution is -2.21. The molecule has 3 rings (SSSR count). The molecule has 6 nitrogen and oxygen atoms in total. The lowest BCUT2D eigenvalue weighted by Gasteiger charge is -2.03. The summed E-state index contributed by atoms with van der Waals surface area (Å²) in [5.74, 6) is 0. The Hall–Kier alpha value is -2.63. The molecular formula is C11H8N4O2. The van der Waals surface area contributed by atoms with Crippen molar-refractivity contribution in [2.75, 3.05) is 0 Å². The van der Waals surface area contributed by atoms with Crippen molar-refractivity contribution < 1.29 is 0 Å². The highest BCUT2D eigenvalue weighted by Gasteiger charge is 2.02. The number of rotatable bonds is 1. The van der Waals surface area contributed by atoms with E-state index in [4.69, 9.17) is 0 Å². The molecule has 0 unspecified atom stereocenters. The maximum atomic E-state index is 11.6. The minimum Gasteiger partial charge on any atom is -0.307 e. The van der Waals surface area contributed by atoms with Crippen molar-refractivity contribution in [1.82, 2.24) is 19.5 Å². The number of aromatic amines is 2. The molecule has 0 saturated carbocycles. The summed E-state index contributed by atoms with van der Waals surface area (Å²) in [6, 6.07) is 5.20. The molecule has 0 aliphatic carbocycles. The van der Waals surface area contributed by atoms with Gasteiger partial charge in [0.1, 0.15) is 0 Å². The van der Waals surface area contributed by atoms with Crippen LogP contribution in [0, 0.1) is 0 Å². The van der Waals surface area contributed by atoms with Crippen LogP contribution in [0.3, 0.4) is 0 Å². The monoisotopic (exact) mass is 228 g/mol.